The molecular formula is C18H35N3O2. The molecule has 0 aromatic rings. The number of piperidine rings is 1. The molecule has 1 fully saturated rings. The number of alkyl carbamates (subject to hydrolysis) is 1. The number of amides is 1. The molecule has 0 saturated carbocycles. The fourth-order valence-electron chi connectivity index (χ4n) is 2.61. The fourth-order valence-corrected chi connectivity index (χ4v) is 2.61. The highest BCUT2D eigenvalue weighted by Crippen LogP contribution is 2.11. The molecule has 1 saturated heterocycles. The SMILES string of the molecule is CC(C)=CCN1CCC(NC(C)CNC(=O)OC(C)(C)C)CC1. The first-order valence-electron chi connectivity index (χ1n) is 8.74. The van der Waals surface area contributed by atoms with Gasteiger partial charge in [-0.05, 0) is 67.5 Å². The Balaban J connectivity index is 2.20. The molecule has 1 atom stereocenters. The summed E-state index contributed by atoms with van der Waals surface area (Å²) < 4.78 is 5.25. The Hall–Kier alpha value is -1.07. The van der Waals surface area contributed by atoms with Crippen LogP contribution in [-0.4, -0.2) is 54.9 Å². The number of nitrogens with one attached hydrogen (secondary N) is 2. The van der Waals surface area contributed by atoms with Crippen molar-refractivity contribution < 1.29 is 9.53 Å². The summed E-state index contributed by atoms with van der Waals surface area (Å²) in [6, 6.07) is 0.783. The van der Waals surface area contributed by atoms with Crippen LogP contribution in [0.1, 0.15) is 54.4 Å². The number of carbonyl (C=O) groups excluding carboxylic acids is 1. The maximum Gasteiger partial charge on any atom is 0.407 e. The lowest BCUT2D eigenvalue weighted by Crippen LogP contribution is -2.49. The van der Waals surface area contributed by atoms with Crippen LogP contribution in [0.4, 0.5) is 4.79 Å². The first-order valence-corrected chi connectivity index (χ1v) is 8.74. The van der Waals surface area contributed by atoms with Gasteiger partial charge in [0.1, 0.15) is 5.60 Å². The molecule has 5 heteroatoms. The van der Waals surface area contributed by atoms with Gasteiger partial charge in [0.2, 0.25) is 0 Å². The van der Waals surface area contributed by atoms with Crippen molar-refractivity contribution >= 4 is 6.09 Å². The highest BCUT2D eigenvalue weighted by molar-refractivity contribution is 5.67. The van der Waals surface area contributed by atoms with Crippen LogP contribution < -0.4 is 10.6 Å². The van der Waals surface area contributed by atoms with Gasteiger partial charge in [-0.3, -0.25) is 4.90 Å². The molecule has 0 aromatic heterocycles. The van der Waals surface area contributed by atoms with Gasteiger partial charge in [-0.1, -0.05) is 11.6 Å². The summed E-state index contributed by atoms with van der Waals surface area (Å²) in [7, 11) is 0. The van der Waals surface area contributed by atoms with Gasteiger partial charge in [0, 0.05) is 25.2 Å². The van der Waals surface area contributed by atoms with E-state index < -0.39 is 5.60 Å². The lowest BCUT2D eigenvalue weighted by Gasteiger charge is -2.33. The molecule has 0 radical (unpaired) electrons. The van der Waals surface area contributed by atoms with Gasteiger partial charge in [0.15, 0.2) is 0 Å². The zero-order chi connectivity index (χ0) is 17.5. The molecular weight excluding hydrogens is 290 g/mol. The van der Waals surface area contributed by atoms with E-state index in [1.165, 1.54) is 5.57 Å². The van der Waals surface area contributed by atoms with E-state index in [4.69, 9.17) is 4.74 Å². The smallest absolute Gasteiger partial charge is 0.407 e. The summed E-state index contributed by atoms with van der Waals surface area (Å²) in [5.74, 6) is 0. The van der Waals surface area contributed by atoms with Gasteiger partial charge in [0.05, 0.1) is 0 Å². The van der Waals surface area contributed by atoms with Crippen LogP contribution >= 0.6 is 0 Å². The molecule has 0 aromatic carbocycles. The summed E-state index contributed by atoms with van der Waals surface area (Å²) in [5, 5.41) is 6.44. The molecule has 23 heavy (non-hydrogen) atoms. The van der Waals surface area contributed by atoms with E-state index in [1.807, 2.05) is 20.8 Å². The van der Waals surface area contributed by atoms with Gasteiger partial charge in [0.25, 0.3) is 0 Å². The topological polar surface area (TPSA) is 53.6 Å². The minimum Gasteiger partial charge on any atom is -0.444 e. The summed E-state index contributed by atoms with van der Waals surface area (Å²) in [5.41, 5.74) is 0.936. The van der Waals surface area contributed by atoms with Crippen molar-refractivity contribution in [2.24, 2.45) is 0 Å². The molecule has 134 valence electrons. The van der Waals surface area contributed by atoms with Crippen molar-refractivity contribution in [1.29, 1.82) is 0 Å². The number of nitrogens with zero attached hydrogens (tertiary/aromatic N) is 1. The van der Waals surface area contributed by atoms with Crippen LogP contribution in [0.3, 0.4) is 0 Å². The summed E-state index contributed by atoms with van der Waals surface area (Å²) >= 11 is 0. The van der Waals surface area contributed by atoms with Crippen LogP contribution in [-0.2, 0) is 4.74 Å². The van der Waals surface area contributed by atoms with Crippen molar-refractivity contribution in [3.8, 4) is 0 Å². The Morgan fingerprint density at radius 3 is 2.43 bits per heavy atom. The van der Waals surface area contributed by atoms with Gasteiger partial charge in [-0.2, -0.15) is 0 Å². The predicted molar refractivity (Wildman–Crippen MR) is 95.7 cm³/mol. The number of allylic oxidation sites excluding steroid dienone is 1. The Morgan fingerprint density at radius 1 is 1.30 bits per heavy atom. The van der Waals surface area contributed by atoms with E-state index >= 15 is 0 Å². The molecule has 1 heterocycles. The highest BCUT2D eigenvalue weighted by atomic mass is 16.6. The van der Waals surface area contributed by atoms with Crippen molar-refractivity contribution in [1.82, 2.24) is 15.5 Å². The summed E-state index contributed by atoms with van der Waals surface area (Å²) in [4.78, 5) is 14.1. The molecule has 5 nitrogen and oxygen atoms in total. The largest absolute Gasteiger partial charge is 0.444 e. The van der Waals surface area contributed by atoms with E-state index in [0.29, 0.717) is 12.6 Å². The van der Waals surface area contributed by atoms with Crippen LogP contribution in [0.2, 0.25) is 0 Å². The van der Waals surface area contributed by atoms with E-state index in [1.54, 1.807) is 0 Å². The van der Waals surface area contributed by atoms with Crippen molar-refractivity contribution in [2.45, 2.75) is 72.1 Å². The quantitative estimate of drug-likeness (QED) is 0.737. The molecule has 0 aliphatic carbocycles. The number of hydrogen-bond donors (Lipinski definition) is 2. The monoisotopic (exact) mass is 325 g/mol. The molecule has 2 N–H and O–H groups in total. The predicted octanol–water partition coefficient (Wildman–Crippen LogP) is 2.92. The second kappa shape index (κ2) is 9.28. The second-order valence-corrected chi connectivity index (χ2v) is 7.81. The van der Waals surface area contributed by atoms with E-state index in [2.05, 4.69) is 42.4 Å². The zero-order valence-corrected chi connectivity index (χ0v) is 15.7. The average molecular weight is 325 g/mol. The van der Waals surface area contributed by atoms with Crippen LogP contribution in [0, 0.1) is 0 Å². The van der Waals surface area contributed by atoms with Crippen LogP contribution in [0.5, 0.6) is 0 Å². The molecule has 1 aliphatic heterocycles. The number of carbonyl (C=O) groups is 1. The maximum absolute atomic E-state index is 11.7. The molecule has 0 spiro atoms. The van der Waals surface area contributed by atoms with Crippen LogP contribution in [0.15, 0.2) is 11.6 Å². The number of ether oxygens (including phenoxy) is 1. The van der Waals surface area contributed by atoms with Crippen molar-refractivity contribution in [3.63, 3.8) is 0 Å². The fraction of sp³-hybridized carbons (Fsp3) is 0.833. The van der Waals surface area contributed by atoms with E-state index in [0.717, 1.165) is 32.5 Å². The molecule has 1 aliphatic rings. The Bertz CT molecular complexity index is 390. The normalized spacial score (nSPS) is 18.3. The van der Waals surface area contributed by atoms with Gasteiger partial charge < -0.3 is 15.4 Å². The summed E-state index contributed by atoms with van der Waals surface area (Å²) in [6.07, 6.45) is 4.27. The van der Waals surface area contributed by atoms with Crippen molar-refractivity contribution in [3.05, 3.63) is 11.6 Å². The van der Waals surface area contributed by atoms with E-state index in [9.17, 15) is 4.79 Å². The zero-order valence-electron chi connectivity index (χ0n) is 15.7. The molecule has 1 unspecified atom stereocenters. The average Bonchev–Trinajstić information content (AvgIpc) is 2.42. The Labute approximate surface area is 141 Å². The highest BCUT2D eigenvalue weighted by Gasteiger charge is 2.21. The maximum atomic E-state index is 11.7. The molecule has 1 rings (SSSR count). The number of rotatable bonds is 6. The third-order valence-electron chi connectivity index (χ3n) is 3.82. The number of likely N-dealkylation sites (tertiary alicyclic amines) is 1. The summed E-state index contributed by atoms with van der Waals surface area (Å²) in [6.45, 7) is 15.9. The second-order valence-electron chi connectivity index (χ2n) is 7.81. The lowest BCUT2D eigenvalue weighted by atomic mass is 10.0. The first-order chi connectivity index (χ1) is 10.7. The van der Waals surface area contributed by atoms with Gasteiger partial charge in [-0.15, -0.1) is 0 Å². The van der Waals surface area contributed by atoms with Gasteiger partial charge >= 0.3 is 6.09 Å². The minimum atomic E-state index is -0.446. The third kappa shape index (κ3) is 9.61. The third-order valence-corrected chi connectivity index (χ3v) is 3.82. The van der Waals surface area contributed by atoms with Gasteiger partial charge in [-0.25, -0.2) is 4.79 Å². The minimum absolute atomic E-state index is 0.247. The standard InChI is InChI=1S/C18H35N3O2/c1-14(2)7-10-21-11-8-16(9-12-21)20-15(3)13-19-17(22)23-18(4,5)6/h7,15-16,20H,8-13H2,1-6H3,(H,19,22). The van der Waals surface area contributed by atoms with Crippen molar-refractivity contribution in [2.75, 3.05) is 26.2 Å². The Kier molecular flexibility index (Phi) is 8.06. The Morgan fingerprint density at radius 2 is 1.91 bits per heavy atom. The molecule has 1 amide bonds. The van der Waals surface area contributed by atoms with E-state index in [-0.39, 0.29) is 12.1 Å². The van der Waals surface area contributed by atoms with Crippen LogP contribution in [0.25, 0.3) is 0 Å². The molecule has 0 bridgehead atoms. The first kappa shape index (κ1) is 20.0. The number of hydrogen-bond acceptors (Lipinski definition) is 4. The lowest BCUT2D eigenvalue weighted by molar-refractivity contribution is 0.0521.